The topological polar surface area (TPSA) is 24.9 Å². The van der Waals surface area contributed by atoms with Crippen LogP contribution in [0.3, 0.4) is 0 Å². The Morgan fingerprint density at radius 3 is 2.56 bits per heavy atom. The van der Waals surface area contributed by atoms with Crippen LogP contribution in [0.1, 0.15) is 23.7 Å². The van der Waals surface area contributed by atoms with Crippen molar-refractivity contribution in [2.24, 2.45) is 0 Å². The highest BCUT2D eigenvalue weighted by Crippen LogP contribution is 2.17. The fraction of sp³-hybridized carbons (Fsp3) is 0.267. The van der Waals surface area contributed by atoms with Gasteiger partial charge in [0.05, 0.1) is 11.9 Å². The third kappa shape index (κ3) is 3.37. The molecular weight excluding hydrogens is 227 g/mol. The highest BCUT2D eigenvalue weighted by Gasteiger charge is 2.10. The summed E-state index contributed by atoms with van der Waals surface area (Å²) >= 11 is 0. The Morgan fingerprint density at radius 1 is 1.17 bits per heavy atom. The first-order valence-corrected chi connectivity index (χ1v) is 6.12. The van der Waals surface area contributed by atoms with Crippen molar-refractivity contribution >= 4 is 0 Å². The molecule has 1 N–H and O–H groups in total. The molecule has 0 radical (unpaired) electrons. The molecule has 0 bridgehead atoms. The summed E-state index contributed by atoms with van der Waals surface area (Å²) in [6, 6.07) is 13.7. The van der Waals surface area contributed by atoms with Gasteiger partial charge in [-0.3, -0.25) is 4.98 Å². The zero-order valence-corrected chi connectivity index (χ0v) is 10.4. The molecule has 0 aliphatic carbocycles. The molecule has 1 aromatic carbocycles. The highest BCUT2D eigenvalue weighted by molar-refractivity contribution is 5.16. The highest BCUT2D eigenvalue weighted by atomic mass is 19.1. The minimum atomic E-state index is -0.295. The maximum absolute atomic E-state index is 12.8. The van der Waals surface area contributed by atoms with E-state index in [-0.39, 0.29) is 11.9 Å². The number of halogens is 1. The van der Waals surface area contributed by atoms with Crippen molar-refractivity contribution in [3.8, 4) is 0 Å². The summed E-state index contributed by atoms with van der Waals surface area (Å²) in [4.78, 5) is 4.12. The summed E-state index contributed by atoms with van der Waals surface area (Å²) in [6.45, 7) is 0. The molecule has 2 nitrogen and oxygen atoms in total. The van der Waals surface area contributed by atoms with Gasteiger partial charge in [0.2, 0.25) is 0 Å². The first-order chi connectivity index (χ1) is 8.79. The quantitative estimate of drug-likeness (QED) is 0.874. The number of hydrogen-bond donors (Lipinski definition) is 1. The number of benzene rings is 1. The number of hydrogen-bond acceptors (Lipinski definition) is 2. The standard InChI is InChI=1S/C15H17FN2/c1-17-14(15-10-8-13(16)11-18-15)9-7-12-5-3-2-4-6-12/h2-6,8,10-11,14,17H,7,9H2,1H3. The van der Waals surface area contributed by atoms with Gasteiger partial charge in [0, 0.05) is 6.04 Å². The third-order valence-electron chi connectivity index (χ3n) is 3.02. The summed E-state index contributed by atoms with van der Waals surface area (Å²) in [5.41, 5.74) is 2.19. The maximum atomic E-state index is 12.8. The summed E-state index contributed by atoms with van der Waals surface area (Å²) < 4.78 is 12.8. The molecule has 0 saturated heterocycles. The molecule has 0 fully saturated rings. The molecule has 0 amide bonds. The molecule has 1 unspecified atom stereocenters. The normalized spacial score (nSPS) is 12.3. The van der Waals surface area contributed by atoms with Gasteiger partial charge in [0.25, 0.3) is 0 Å². The lowest BCUT2D eigenvalue weighted by Crippen LogP contribution is -2.18. The summed E-state index contributed by atoms with van der Waals surface area (Å²) in [5.74, 6) is -0.295. The van der Waals surface area contributed by atoms with Crippen LogP contribution in [0.5, 0.6) is 0 Å². The molecule has 0 saturated carbocycles. The van der Waals surface area contributed by atoms with Crippen molar-refractivity contribution in [1.82, 2.24) is 10.3 Å². The molecule has 1 atom stereocenters. The summed E-state index contributed by atoms with van der Waals surface area (Å²) in [7, 11) is 1.90. The number of rotatable bonds is 5. The van der Waals surface area contributed by atoms with Gasteiger partial charge in [0.1, 0.15) is 5.82 Å². The van der Waals surface area contributed by atoms with E-state index >= 15 is 0 Å². The molecule has 0 aliphatic heterocycles. The molecule has 1 heterocycles. The number of nitrogens with one attached hydrogen (secondary N) is 1. The molecule has 0 aliphatic rings. The van der Waals surface area contributed by atoms with Crippen molar-refractivity contribution in [1.29, 1.82) is 0 Å². The Kier molecular flexibility index (Phi) is 4.42. The molecule has 1 aromatic heterocycles. The second kappa shape index (κ2) is 6.26. The fourth-order valence-electron chi connectivity index (χ4n) is 1.99. The largest absolute Gasteiger partial charge is 0.312 e. The minimum absolute atomic E-state index is 0.158. The van der Waals surface area contributed by atoms with Crippen LogP contribution in [0.2, 0.25) is 0 Å². The fourth-order valence-corrected chi connectivity index (χ4v) is 1.99. The van der Waals surface area contributed by atoms with Crippen LogP contribution in [0.15, 0.2) is 48.7 Å². The second-order valence-electron chi connectivity index (χ2n) is 4.27. The van der Waals surface area contributed by atoms with Crippen LogP contribution >= 0.6 is 0 Å². The Morgan fingerprint density at radius 2 is 1.94 bits per heavy atom. The van der Waals surface area contributed by atoms with Crippen LogP contribution in [0, 0.1) is 5.82 Å². The van der Waals surface area contributed by atoms with Crippen LogP contribution in [0.4, 0.5) is 4.39 Å². The molecule has 2 rings (SSSR count). The van der Waals surface area contributed by atoms with E-state index in [9.17, 15) is 4.39 Å². The Balaban J connectivity index is 1.99. The maximum Gasteiger partial charge on any atom is 0.141 e. The first-order valence-electron chi connectivity index (χ1n) is 6.12. The van der Waals surface area contributed by atoms with E-state index in [1.807, 2.05) is 25.2 Å². The SMILES string of the molecule is CNC(CCc1ccccc1)c1ccc(F)cn1. The first kappa shape index (κ1) is 12.7. The van der Waals surface area contributed by atoms with E-state index in [4.69, 9.17) is 0 Å². The van der Waals surface area contributed by atoms with Gasteiger partial charge in [-0.15, -0.1) is 0 Å². The van der Waals surface area contributed by atoms with Crippen molar-refractivity contribution < 1.29 is 4.39 Å². The Hall–Kier alpha value is -1.74. The zero-order valence-electron chi connectivity index (χ0n) is 10.4. The smallest absolute Gasteiger partial charge is 0.141 e. The second-order valence-corrected chi connectivity index (χ2v) is 4.27. The number of pyridine rings is 1. The van der Waals surface area contributed by atoms with Crippen LogP contribution in [-0.4, -0.2) is 12.0 Å². The molecule has 18 heavy (non-hydrogen) atoms. The molecule has 0 spiro atoms. The lowest BCUT2D eigenvalue weighted by atomic mass is 10.0. The van der Waals surface area contributed by atoms with Gasteiger partial charge in [-0.2, -0.15) is 0 Å². The number of aryl methyl sites for hydroxylation is 1. The molecule has 2 aromatic rings. The monoisotopic (exact) mass is 244 g/mol. The predicted octanol–water partition coefficient (Wildman–Crippen LogP) is 3.11. The van der Waals surface area contributed by atoms with Crippen molar-refractivity contribution in [2.45, 2.75) is 18.9 Å². The van der Waals surface area contributed by atoms with E-state index in [0.717, 1.165) is 18.5 Å². The third-order valence-corrected chi connectivity index (χ3v) is 3.02. The van der Waals surface area contributed by atoms with Crippen LogP contribution < -0.4 is 5.32 Å². The average molecular weight is 244 g/mol. The molecule has 94 valence electrons. The van der Waals surface area contributed by atoms with E-state index in [1.165, 1.54) is 17.8 Å². The molecule has 3 heteroatoms. The summed E-state index contributed by atoms with van der Waals surface area (Å²) in [5, 5.41) is 3.22. The van der Waals surface area contributed by atoms with Crippen molar-refractivity contribution in [3.63, 3.8) is 0 Å². The van der Waals surface area contributed by atoms with Crippen LogP contribution in [-0.2, 0) is 6.42 Å². The van der Waals surface area contributed by atoms with E-state index in [0.29, 0.717) is 0 Å². The van der Waals surface area contributed by atoms with Crippen molar-refractivity contribution in [2.75, 3.05) is 7.05 Å². The minimum Gasteiger partial charge on any atom is -0.312 e. The Bertz CT molecular complexity index is 468. The average Bonchev–Trinajstić information content (AvgIpc) is 2.42. The van der Waals surface area contributed by atoms with Gasteiger partial charge >= 0.3 is 0 Å². The Labute approximate surface area is 107 Å². The van der Waals surface area contributed by atoms with Crippen LogP contribution in [0.25, 0.3) is 0 Å². The zero-order chi connectivity index (χ0) is 12.8. The van der Waals surface area contributed by atoms with E-state index in [1.54, 1.807) is 6.07 Å². The predicted molar refractivity (Wildman–Crippen MR) is 70.8 cm³/mol. The van der Waals surface area contributed by atoms with Gasteiger partial charge in [-0.1, -0.05) is 30.3 Å². The van der Waals surface area contributed by atoms with Gasteiger partial charge in [-0.05, 0) is 37.6 Å². The van der Waals surface area contributed by atoms with Gasteiger partial charge < -0.3 is 5.32 Å². The summed E-state index contributed by atoms with van der Waals surface area (Å²) in [6.07, 6.45) is 3.19. The van der Waals surface area contributed by atoms with Gasteiger partial charge in [0.15, 0.2) is 0 Å². The lowest BCUT2D eigenvalue weighted by Gasteiger charge is -2.15. The number of nitrogens with zero attached hydrogens (tertiary/aromatic N) is 1. The van der Waals surface area contributed by atoms with Gasteiger partial charge in [-0.25, -0.2) is 4.39 Å². The molecular formula is C15H17FN2. The van der Waals surface area contributed by atoms with E-state index in [2.05, 4.69) is 22.4 Å². The number of aromatic nitrogens is 1. The van der Waals surface area contributed by atoms with Crippen molar-refractivity contribution in [3.05, 3.63) is 65.7 Å². The van der Waals surface area contributed by atoms with E-state index < -0.39 is 0 Å². The lowest BCUT2D eigenvalue weighted by molar-refractivity contribution is 0.531.